The van der Waals surface area contributed by atoms with Crippen LogP contribution in [0.4, 0.5) is 0 Å². The van der Waals surface area contributed by atoms with Crippen molar-refractivity contribution in [3.63, 3.8) is 0 Å². The van der Waals surface area contributed by atoms with E-state index in [9.17, 15) is 0 Å². The first kappa shape index (κ1) is 11.6. The summed E-state index contributed by atoms with van der Waals surface area (Å²) >= 11 is 0. The summed E-state index contributed by atoms with van der Waals surface area (Å²) in [5.74, 6) is 0. The van der Waals surface area contributed by atoms with Gasteiger partial charge in [-0.3, -0.25) is 9.58 Å². The van der Waals surface area contributed by atoms with Gasteiger partial charge in [-0.25, -0.2) is 0 Å². The number of rotatable bonds is 3. The zero-order chi connectivity index (χ0) is 11.7. The lowest BCUT2D eigenvalue weighted by molar-refractivity contribution is 0.261. The second kappa shape index (κ2) is 4.55. The number of nitrogens with two attached hydrogens (primary N) is 1. The minimum Gasteiger partial charge on any atom is -0.326 e. The Labute approximate surface area is 97.4 Å². The van der Waals surface area contributed by atoms with Crippen molar-refractivity contribution in [3.05, 3.63) is 18.0 Å². The molecule has 1 aromatic rings. The number of likely N-dealkylation sites (N-methyl/N-ethyl adjacent to an activating group) is 1. The maximum Gasteiger partial charge on any atom is 0.0538 e. The highest BCUT2D eigenvalue weighted by atomic mass is 15.3. The van der Waals surface area contributed by atoms with Crippen LogP contribution in [0, 0.1) is 0 Å². The molecule has 4 heteroatoms. The Kier molecular flexibility index (Phi) is 3.30. The maximum absolute atomic E-state index is 6.18. The van der Waals surface area contributed by atoms with Crippen molar-refractivity contribution in [2.24, 2.45) is 5.73 Å². The number of hydrogen-bond donors (Lipinski definition) is 1. The fraction of sp³-hybridized carbons (Fsp3) is 0.750. The standard InChI is InChI=1S/C12H22N4/c1-4-15-6-5-11(13)12(15)10-7-14-16(8-10)9(2)3/h7-9,11-12H,4-6,13H2,1-3H3. The molecular weight excluding hydrogens is 200 g/mol. The van der Waals surface area contributed by atoms with Crippen LogP contribution in [0.25, 0.3) is 0 Å². The van der Waals surface area contributed by atoms with Gasteiger partial charge in [-0.05, 0) is 26.8 Å². The predicted octanol–water partition coefficient (Wildman–Crippen LogP) is 1.56. The number of aromatic nitrogens is 2. The largest absolute Gasteiger partial charge is 0.326 e. The second-order valence-corrected chi connectivity index (χ2v) is 4.87. The zero-order valence-electron chi connectivity index (χ0n) is 10.4. The Balaban J connectivity index is 2.21. The maximum atomic E-state index is 6.18. The van der Waals surface area contributed by atoms with Gasteiger partial charge in [0.2, 0.25) is 0 Å². The molecule has 0 saturated carbocycles. The lowest BCUT2D eigenvalue weighted by Gasteiger charge is -2.24. The van der Waals surface area contributed by atoms with Crippen molar-refractivity contribution in [2.45, 2.75) is 45.3 Å². The van der Waals surface area contributed by atoms with Gasteiger partial charge in [-0.15, -0.1) is 0 Å². The molecule has 2 heterocycles. The molecule has 1 fully saturated rings. The SMILES string of the molecule is CCN1CCC(N)C1c1cnn(C(C)C)c1. The van der Waals surface area contributed by atoms with Gasteiger partial charge < -0.3 is 5.73 Å². The van der Waals surface area contributed by atoms with E-state index < -0.39 is 0 Å². The van der Waals surface area contributed by atoms with Crippen LogP contribution in [-0.2, 0) is 0 Å². The van der Waals surface area contributed by atoms with Crippen LogP contribution in [0.5, 0.6) is 0 Å². The van der Waals surface area contributed by atoms with E-state index in [4.69, 9.17) is 5.73 Å². The second-order valence-electron chi connectivity index (χ2n) is 4.87. The highest BCUT2D eigenvalue weighted by Crippen LogP contribution is 2.30. The van der Waals surface area contributed by atoms with Gasteiger partial charge in [0.1, 0.15) is 0 Å². The predicted molar refractivity (Wildman–Crippen MR) is 65.2 cm³/mol. The van der Waals surface area contributed by atoms with Gasteiger partial charge in [0, 0.05) is 30.4 Å². The smallest absolute Gasteiger partial charge is 0.0538 e. The topological polar surface area (TPSA) is 47.1 Å². The summed E-state index contributed by atoms with van der Waals surface area (Å²) < 4.78 is 2.01. The quantitative estimate of drug-likeness (QED) is 0.844. The molecule has 0 bridgehead atoms. The van der Waals surface area contributed by atoms with Crippen LogP contribution in [0.3, 0.4) is 0 Å². The van der Waals surface area contributed by atoms with E-state index in [0.717, 1.165) is 19.5 Å². The molecule has 0 amide bonds. The molecule has 4 nitrogen and oxygen atoms in total. The monoisotopic (exact) mass is 222 g/mol. The molecule has 0 radical (unpaired) electrons. The normalized spacial score (nSPS) is 26.8. The fourth-order valence-electron chi connectivity index (χ4n) is 2.48. The van der Waals surface area contributed by atoms with Gasteiger partial charge >= 0.3 is 0 Å². The van der Waals surface area contributed by atoms with Crippen molar-refractivity contribution in [1.29, 1.82) is 0 Å². The average Bonchev–Trinajstić information content (AvgIpc) is 2.83. The van der Waals surface area contributed by atoms with Crippen molar-refractivity contribution in [1.82, 2.24) is 14.7 Å². The Bertz CT molecular complexity index is 345. The average molecular weight is 222 g/mol. The van der Waals surface area contributed by atoms with Crippen molar-refractivity contribution >= 4 is 0 Å². The van der Waals surface area contributed by atoms with Crippen molar-refractivity contribution in [3.8, 4) is 0 Å². The first-order valence-corrected chi connectivity index (χ1v) is 6.17. The van der Waals surface area contributed by atoms with Crippen LogP contribution < -0.4 is 5.73 Å². The highest BCUT2D eigenvalue weighted by Gasteiger charge is 2.32. The minimum absolute atomic E-state index is 0.254. The van der Waals surface area contributed by atoms with E-state index in [-0.39, 0.29) is 6.04 Å². The summed E-state index contributed by atoms with van der Waals surface area (Å²) in [6, 6.07) is 1.03. The van der Waals surface area contributed by atoms with Crippen molar-refractivity contribution < 1.29 is 0 Å². The molecule has 1 aromatic heterocycles. The molecule has 0 aliphatic carbocycles. The van der Waals surface area contributed by atoms with Gasteiger partial charge in [0.05, 0.1) is 12.2 Å². The molecule has 1 aliphatic rings. The lowest BCUT2D eigenvalue weighted by Crippen LogP contribution is -2.31. The molecule has 2 rings (SSSR count). The third-order valence-corrected chi connectivity index (χ3v) is 3.45. The van der Waals surface area contributed by atoms with Crippen LogP contribution in [0.1, 0.15) is 44.8 Å². The number of nitrogens with zero attached hydrogens (tertiary/aromatic N) is 3. The van der Waals surface area contributed by atoms with E-state index >= 15 is 0 Å². The Hall–Kier alpha value is -0.870. The van der Waals surface area contributed by atoms with Gasteiger partial charge in [-0.2, -0.15) is 5.10 Å². The number of hydrogen-bond acceptors (Lipinski definition) is 3. The summed E-state index contributed by atoms with van der Waals surface area (Å²) in [4.78, 5) is 2.44. The highest BCUT2D eigenvalue weighted by molar-refractivity contribution is 5.16. The summed E-state index contributed by atoms with van der Waals surface area (Å²) in [5.41, 5.74) is 7.45. The van der Waals surface area contributed by atoms with Gasteiger partial charge in [0.15, 0.2) is 0 Å². The van der Waals surface area contributed by atoms with Crippen LogP contribution >= 0.6 is 0 Å². The lowest BCUT2D eigenvalue weighted by atomic mass is 10.0. The molecule has 2 N–H and O–H groups in total. The van der Waals surface area contributed by atoms with E-state index in [1.54, 1.807) is 0 Å². The fourth-order valence-corrected chi connectivity index (χ4v) is 2.48. The van der Waals surface area contributed by atoms with E-state index in [0.29, 0.717) is 12.1 Å². The first-order chi connectivity index (χ1) is 7.63. The van der Waals surface area contributed by atoms with Crippen LogP contribution in [-0.4, -0.2) is 33.8 Å². The van der Waals surface area contributed by atoms with E-state index in [1.807, 2.05) is 10.9 Å². The van der Waals surface area contributed by atoms with E-state index in [2.05, 4.69) is 37.0 Å². The van der Waals surface area contributed by atoms with Gasteiger partial charge in [0.25, 0.3) is 0 Å². The molecule has 2 unspecified atom stereocenters. The molecule has 1 aliphatic heterocycles. The van der Waals surface area contributed by atoms with Crippen LogP contribution in [0.15, 0.2) is 12.4 Å². The molecular formula is C12H22N4. The van der Waals surface area contributed by atoms with Crippen LogP contribution in [0.2, 0.25) is 0 Å². The van der Waals surface area contributed by atoms with E-state index in [1.165, 1.54) is 5.56 Å². The Morgan fingerprint density at radius 2 is 2.31 bits per heavy atom. The summed E-state index contributed by atoms with van der Waals surface area (Å²) in [7, 11) is 0. The summed E-state index contributed by atoms with van der Waals surface area (Å²) in [5, 5.41) is 4.40. The summed E-state index contributed by atoms with van der Waals surface area (Å²) in [6.45, 7) is 8.64. The first-order valence-electron chi connectivity index (χ1n) is 6.17. The Morgan fingerprint density at radius 1 is 1.56 bits per heavy atom. The molecule has 0 spiro atoms. The van der Waals surface area contributed by atoms with Gasteiger partial charge in [-0.1, -0.05) is 6.92 Å². The third-order valence-electron chi connectivity index (χ3n) is 3.45. The third kappa shape index (κ3) is 1.99. The van der Waals surface area contributed by atoms with Crippen molar-refractivity contribution in [2.75, 3.05) is 13.1 Å². The molecule has 2 atom stereocenters. The minimum atomic E-state index is 0.254. The molecule has 16 heavy (non-hydrogen) atoms. The summed E-state index contributed by atoms with van der Waals surface area (Å²) in [6.07, 6.45) is 5.20. The number of likely N-dealkylation sites (tertiary alicyclic amines) is 1. The molecule has 90 valence electrons. The zero-order valence-corrected chi connectivity index (χ0v) is 10.4. The molecule has 1 saturated heterocycles. The molecule has 0 aromatic carbocycles. The Morgan fingerprint density at radius 3 is 2.88 bits per heavy atom.